The zero-order chi connectivity index (χ0) is 12.0. The molecule has 0 aromatic carbocycles. The number of nitrogens with one attached hydrogen (secondary N) is 1. The Balaban J connectivity index is 2.53. The first-order valence-electron chi connectivity index (χ1n) is 7.04. The Morgan fingerprint density at radius 3 is 2.62 bits per heavy atom. The van der Waals surface area contributed by atoms with Gasteiger partial charge in [0.2, 0.25) is 0 Å². The third-order valence-corrected chi connectivity index (χ3v) is 3.86. The predicted octanol–water partition coefficient (Wildman–Crippen LogP) is 3.22. The smallest absolute Gasteiger partial charge is 0.0702 e. The van der Waals surface area contributed by atoms with E-state index in [4.69, 9.17) is 4.74 Å². The summed E-state index contributed by atoms with van der Waals surface area (Å²) in [5.41, 5.74) is 0. The first-order chi connectivity index (χ1) is 7.69. The maximum absolute atomic E-state index is 5.78. The minimum Gasteiger partial charge on any atom is -0.377 e. The van der Waals surface area contributed by atoms with Gasteiger partial charge in [-0.05, 0) is 45.1 Å². The summed E-state index contributed by atoms with van der Waals surface area (Å²) in [7, 11) is 0. The zero-order valence-electron chi connectivity index (χ0n) is 11.5. The van der Waals surface area contributed by atoms with Crippen molar-refractivity contribution in [1.29, 1.82) is 0 Å². The summed E-state index contributed by atoms with van der Waals surface area (Å²) in [4.78, 5) is 0. The molecular weight excluding hydrogens is 198 g/mol. The molecule has 1 aliphatic carbocycles. The minimum absolute atomic E-state index is 0.347. The van der Waals surface area contributed by atoms with E-state index in [1.54, 1.807) is 0 Å². The minimum atomic E-state index is 0.347. The standard InChI is InChI=1S/C14H29NO/c1-5-15-14(12(4)16-6-2)13-9-7-8-11(3)10-13/h11-15H,5-10H2,1-4H3. The third kappa shape index (κ3) is 4.06. The highest BCUT2D eigenvalue weighted by Gasteiger charge is 2.29. The van der Waals surface area contributed by atoms with Crippen LogP contribution in [0.1, 0.15) is 53.4 Å². The molecule has 0 bridgehead atoms. The fourth-order valence-electron chi connectivity index (χ4n) is 3.13. The van der Waals surface area contributed by atoms with E-state index in [0.717, 1.165) is 25.0 Å². The summed E-state index contributed by atoms with van der Waals surface area (Å²) in [6, 6.07) is 0.549. The molecular formula is C14H29NO. The second kappa shape index (κ2) is 7.29. The van der Waals surface area contributed by atoms with E-state index in [0.29, 0.717) is 12.1 Å². The molecule has 0 saturated heterocycles. The van der Waals surface area contributed by atoms with E-state index in [-0.39, 0.29) is 0 Å². The first-order valence-corrected chi connectivity index (χ1v) is 7.04. The van der Waals surface area contributed by atoms with Crippen LogP contribution in [-0.4, -0.2) is 25.3 Å². The molecule has 1 fully saturated rings. The lowest BCUT2D eigenvalue weighted by atomic mass is 9.77. The maximum Gasteiger partial charge on any atom is 0.0702 e. The molecule has 2 nitrogen and oxygen atoms in total. The van der Waals surface area contributed by atoms with Gasteiger partial charge >= 0.3 is 0 Å². The van der Waals surface area contributed by atoms with Crippen molar-refractivity contribution in [3.05, 3.63) is 0 Å². The van der Waals surface area contributed by atoms with E-state index in [1.165, 1.54) is 25.7 Å². The molecule has 0 heterocycles. The lowest BCUT2D eigenvalue weighted by Gasteiger charge is -2.36. The molecule has 2 heteroatoms. The van der Waals surface area contributed by atoms with Crippen LogP contribution in [0.15, 0.2) is 0 Å². The van der Waals surface area contributed by atoms with Crippen molar-refractivity contribution in [3.63, 3.8) is 0 Å². The van der Waals surface area contributed by atoms with Crippen LogP contribution >= 0.6 is 0 Å². The number of hydrogen-bond donors (Lipinski definition) is 1. The van der Waals surface area contributed by atoms with Gasteiger partial charge in [0.25, 0.3) is 0 Å². The summed E-state index contributed by atoms with van der Waals surface area (Å²) in [6.45, 7) is 10.8. The molecule has 1 rings (SSSR count). The van der Waals surface area contributed by atoms with Crippen molar-refractivity contribution in [3.8, 4) is 0 Å². The van der Waals surface area contributed by atoms with Gasteiger partial charge in [0.1, 0.15) is 0 Å². The Morgan fingerprint density at radius 1 is 1.31 bits per heavy atom. The largest absolute Gasteiger partial charge is 0.377 e. The quantitative estimate of drug-likeness (QED) is 0.752. The van der Waals surface area contributed by atoms with Gasteiger partial charge in [0.05, 0.1) is 6.10 Å². The van der Waals surface area contributed by atoms with Gasteiger partial charge in [-0.3, -0.25) is 0 Å². The molecule has 0 aliphatic heterocycles. The van der Waals surface area contributed by atoms with Gasteiger partial charge in [0.15, 0.2) is 0 Å². The summed E-state index contributed by atoms with van der Waals surface area (Å²) >= 11 is 0. The Labute approximate surface area is 101 Å². The molecule has 4 atom stereocenters. The second-order valence-corrected chi connectivity index (χ2v) is 5.28. The van der Waals surface area contributed by atoms with E-state index in [2.05, 4.69) is 33.0 Å². The summed E-state index contributed by atoms with van der Waals surface area (Å²) in [6.07, 6.45) is 5.90. The molecule has 0 spiro atoms. The third-order valence-electron chi connectivity index (χ3n) is 3.86. The molecule has 96 valence electrons. The van der Waals surface area contributed by atoms with E-state index in [1.807, 2.05) is 0 Å². The molecule has 1 saturated carbocycles. The summed E-state index contributed by atoms with van der Waals surface area (Å²) in [5, 5.41) is 3.63. The molecule has 0 amide bonds. The number of ether oxygens (including phenoxy) is 1. The van der Waals surface area contributed by atoms with Crippen LogP contribution in [0.5, 0.6) is 0 Å². The van der Waals surface area contributed by atoms with Crippen molar-refractivity contribution in [2.45, 2.75) is 65.5 Å². The fourth-order valence-corrected chi connectivity index (χ4v) is 3.13. The van der Waals surface area contributed by atoms with Crippen molar-refractivity contribution in [2.24, 2.45) is 11.8 Å². The van der Waals surface area contributed by atoms with Crippen LogP contribution in [0.3, 0.4) is 0 Å². The summed E-state index contributed by atoms with van der Waals surface area (Å²) < 4.78 is 5.78. The Bertz CT molecular complexity index is 184. The van der Waals surface area contributed by atoms with Gasteiger partial charge in [-0.25, -0.2) is 0 Å². The van der Waals surface area contributed by atoms with Crippen LogP contribution in [0.25, 0.3) is 0 Å². The average Bonchev–Trinajstić information content (AvgIpc) is 2.26. The van der Waals surface area contributed by atoms with Crippen LogP contribution in [0.2, 0.25) is 0 Å². The highest BCUT2D eigenvalue weighted by atomic mass is 16.5. The average molecular weight is 227 g/mol. The molecule has 0 aromatic rings. The monoisotopic (exact) mass is 227 g/mol. The fraction of sp³-hybridized carbons (Fsp3) is 1.00. The van der Waals surface area contributed by atoms with Crippen LogP contribution in [0.4, 0.5) is 0 Å². The van der Waals surface area contributed by atoms with Crippen molar-refractivity contribution < 1.29 is 4.74 Å². The van der Waals surface area contributed by atoms with Gasteiger partial charge in [-0.1, -0.05) is 26.7 Å². The highest BCUT2D eigenvalue weighted by molar-refractivity contribution is 4.85. The molecule has 1 N–H and O–H groups in total. The molecule has 1 aliphatic rings. The number of likely N-dealkylation sites (N-methyl/N-ethyl adjacent to an activating group) is 1. The van der Waals surface area contributed by atoms with Crippen molar-refractivity contribution in [1.82, 2.24) is 5.32 Å². The van der Waals surface area contributed by atoms with Gasteiger partial charge in [0, 0.05) is 12.6 Å². The van der Waals surface area contributed by atoms with E-state index < -0.39 is 0 Å². The Hall–Kier alpha value is -0.0800. The zero-order valence-corrected chi connectivity index (χ0v) is 11.5. The van der Waals surface area contributed by atoms with Gasteiger partial charge < -0.3 is 10.1 Å². The SMILES string of the molecule is CCNC(C1CCCC(C)C1)C(C)OCC. The van der Waals surface area contributed by atoms with Crippen molar-refractivity contribution >= 4 is 0 Å². The normalized spacial score (nSPS) is 30.0. The Kier molecular flexibility index (Phi) is 6.37. The highest BCUT2D eigenvalue weighted by Crippen LogP contribution is 2.32. The lowest BCUT2D eigenvalue weighted by Crippen LogP contribution is -2.46. The van der Waals surface area contributed by atoms with Crippen LogP contribution in [0, 0.1) is 11.8 Å². The van der Waals surface area contributed by atoms with Crippen LogP contribution < -0.4 is 5.32 Å². The maximum atomic E-state index is 5.78. The van der Waals surface area contributed by atoms with Crippen molar-refractivity contribution in [2.75, 3.05) is 13.2 Å². The predicted molar refractivity (Wildman–Crippen MR) is 69.7 cm³/mol. The molecule has 0 radical (unpaired) electrons. The Morgan fingerprint density at radius 2 is 2.06 bits per heavy atom. The van der Waals surface area contributed by atoms with Gasteiger partial charge in [-0.2, -0.15) is 0 Å². The summed E-state index contributed by atoms with van der Waals surface area (Å²) in [5.74, 6) is 1.71. The van der Waals surface area contributed by atoms with E-state index in [9.17, 15) is 0 Å². The topological polar surface area (TPSA) is 21.3 Å². The molecule has 4 unspecified atom stereocenters. The number of hydrogen-bond acceptors (Lipinski definition) is 2. The van der Waals surface area contributed by atoms with Crippen LogP contribution in [-0.2, 0) is 4.74 Å². The molecule has 16 heavy (non-hydrogen) atoms. The first kappa shape index (κ1) is 14.0. The second-order valence-electron chi connectivity index (χ2n) is 5.28. The lowest BCUT2D eigenvalue weighted by molar-refractivity contribution is 0.0205. The molecule has 0 aromatic heterocycles. The van der Waals surface area contributed by atoms with E-state index >= 15 is 0 Å². The number of rotatable bonds is 6. The van der Waals surface area contributed by atoms with Gasteiger partial charge in [-0.15, -0.1) is 0 Å².